The first kappa shape index (κ1) is 17.1. The van der Waals surface area contributed by atoms with Gasteiger partial charge in [0.05, 0.1) is 6.04 Å². The number of carbonyl (C=O) groups is 1. The van der Waals surface area contributed by atoms with Gasteiger partial charge in [-0.25, -0.2) is 0 Å². The Kier molecular flexibility index (Phi) is 6.36. The van der Waals surface area contributed by atoms with Crippen LogP contribution in [0.25, 0.3) is 0 Å². The summed E-state index contributed by atoms with van der Waals surface area (Å²) in [6.45, 7) is 2.28. The fourth-order valence-corrected chi connectivity index (χ4v) is 4.62. The molecule has 0 spiro atoms. The summed E-state index contributed by atoms with van der Waals surface area (Å²) in [6, 6.07) is 1.14. The molecule has 0 aromatic heterocycles. The topological polar surface area (TPSA) is 41.1 Å². The average Bonchev–Trinajstić information content (AvgIpc) is 2.91. The van der Waals surface area contributed by atoms with E-state index >= 15 is 0 Å². The van der Waals surface area contributed by atoms with Crippen molar-refractivity contribution >= 4 is 18.3 Å². The molecular formula is C17H31ClN2O. The summed E-state index contributed by atoms with van der Waals surface area (Å²) in [5, 5.41) is 6.93. The van der Waals surface area contributed by atoms with Crippen LogP contribution < -0.4 is 10.6 Å². The number of amides is 1. The van der Waals surface area contributed by atoms with Crippen LogP contribution in [0.1, 0.15) is 71.1 Å². The van der Waals surface area contributed by atoms with Crippen molar-refractivity contribution in [3.63, 3.8) is 0 Å². The lowest BCUT2D eigenvalue weighted by Gasteiger charge is -2.30. The highest BCUT2D eigenvalue weighted by atomic mass is 35.5. The van der Waals surface area contributed by atoms with E-state index in [-0.39, 0.29) is 24.4 Å². The van der Waals surface area contributed by atoms with Crippen LogP contribution in [-0.2, 0) is 4.79 Å². The first-order valence-electron chi connectivity index (χ1n) is 8.82. The maximum Gasteiger partial charge on any atom is 0.237 e. The second-order valence-corrected chi connectivity index (χ2v) is 7.25. The molecule has 0 aromatic carbocycles. The molecule has 5 unspecified atom stereocenters. The molecule has 0 radical (unpaired) electrons. The third-order valence-electron chi connectivity index (χ3n) is 5.89. The van der Waals surface area contributed by atoms with Crippen LogP contribution in [0.4, 0.5) is 0 Å². The fraction of sp³-hybridized carbons (Fsp3) is 0.941. The maximum atomic E-state index is 12.5. The number of carbonyl (C=O) groups excluding carboxylic acids is 1. The zero-order valence-corrected chi connectivity index (χ0v) is 14.1. The zero-order chi connectivity index (χ0) is 13.9. The fourth-order valence-electron chi connectivity index (χ4n) is 4.62. The smallest absolute Gasteiger partial charge is 0.237 e. The molecule has 2 N–H and O–H groups in total. The number of hydrogen-bond acceptors (Lipinski definition) is 2. The second kappa shape index (κ2) is 7.82. The predicted octanol–water partition coefficient (Wildman–Crippen LogP) is 3.41. The Balaban J connectivity index is 0.00000161. The van der Waals surface area contributed by atoms with E-state index in [9.17, 15) is 4.79 Å². The highest BCUT2D eigenvalue weighted by Gasteiger charge is 2.38. The van der Waals surface area contributed by atoms with Crippen molar-refractivity contribution in [2.75, 3.05) is 0 Å². The van der Waals surface area contributed by atoms with Gasteiger partial charge < -0.3 is 10.6 Å². The zero-order valence-electron chi connectivity index (χ0n) is 13.3. The summed E-state index contributed by atoms with van der Waals surface area (Å²) < 4.78 is 0. The van der Waals surface area contributed by atoms with Crippen LogP contribution in [0.2, 0.25) is 0 Å². The lowest BCUT2D eigenvalue weighted by atomic mass is 9.84. The van der Waals surface area contributed by atoms with Crippen molar-refractivity contribution < 1.29 is 4.79 Å². The van der Waals surface area contributed by atoms with Gasteiger partial charge in [0.2, 0.25) is 5.91 Å². The number of fused-ring (bicyclic) bond motifs is 1. The molecule has 5 atom stereocenters. The average molecular weight is 315 g/mol. The Morgan fingerprint density at radius 3 is 2.67 bits per heavy atom. The van der Waals surface area contributed by atoms with Gasteiger partial charge in [0.25, 0.3) is 0 Å². The summed E-state index contributed by atoms with van der Waals surface area (Å²) >= 11 is 0. The minimum Gasteiger partial charge on any atom is -0.352 e. The largest absolute Gasteiger partial charge is 0.352 e. The molecule has 1 saturated heterocycles. The first-order chi connectivity index (χ1) is 9.76. The molecule has 1 amide bonds. The Labute approximate surface area is 135 Å². The van der Waals surface area contributed by atoms with Crippen LogP contribution in [0.3, 0.4) is 0 Å². The maximum absolute atomic E-state index is 12.5. The molecule has 1 aliphatic heterocycles. The number of rotatable bonds is 3. The minimum atomic E-state index is 0. The number of hydrogen-bond donors (Lipinski definition) is 2. The third-order valence-corrected chi connectivity index (χ3v) is 5.89. The van der Waals surface area contributed by atoms with E-state index < -0.39 is 0 Å². The third kappa shape index (κ3) is 4.13. The molecule has 122 valence electrons. The molecule has 3 rings (SSSR count). The first-order valence-corrected chi connectivity index (χ1v) is 8.82. The molecule has 3 nitrogen and oxygen atoms in total. The molecular weight excluding hydrogens is 284 g/mol. The van der Waals surface area contributed by atoms with E-state index in [0.717, 1.165) is 18.3 Å². The molecule has 3 aliphatic rings. The van der Waals surface area contributed by atoms with Crippen molar-refractivity contribution in [2.45, 2.75) is 89.3 Å². The quantitative estimate of drug-likeness (QED) is 0.838. The van der Waals surface area contributed by atoms with Gasteiger partial charge in [0, 0.05) is 12.1 Å². The van der Waals surface area contributed by atoms with Crippen LogP contribution in [-0.4, -0.2) is 24.0 Å². The van der Waals surface area contributed by atoms with Gasteiger partial charge >= 0.3 is 0 Å². The monoisotopic (exact) mass is 314 g/mol. The Morgan fingerprint density at radius 2 is 1.90 bits per heavy atom. The van der Waals surface area contributed by atoms with Gasteiger partial charge in [-0.1, -0.05) is 39.0 Å². The van der Waals surface area contributed by atoms with Gasteiger partial charge in [-0.2, -0.15) is 0 Å². The van der Waals surface area contributed by atoms with Crippen molar-refractivity contribution in [1.82, 2.24) is 10.6 Å². The van der Waals surface area contributed by atoms with Crippen LogP contribution in [0.15, 0.2) is 0 Å². The van der Waals surface area contributed by atoms with Gasteiger partial charge in [0.1, 0.15) is 0 Å². The van der Waals surface area contributed by atoms with E-state index in [0.29, 0.717) is 12.1 Å². The highest BCUT2D eigenvalue weighted by molar-refractivity contribution is 5.85. The number of halogens is 1. The van der Waals surface area contributed by atoms with E-state index in [4.69, 9.17) is 0 Å². The molecule has 0 aromatic rings. The van der Waals surface area contributed by atoms with Gasteiger partial charge in [-0.05, 0) is 43.9 Å². The lowest BCUT2D eigenvalue weighted by molar-refractivity contribution is -0.123. The standard InChI is InChI=1S/C17H30N2O.ClH/c1-2-12-6-5-8-14(10-12)18-17(20)16-11-13-7-3-4-9-15(13)19-16;/h12-16,19H,2-11H2,1H3,(H,18,20);1H. The Hall–Kier alpha value is -0.280. The summed E-state index contributed by atoms with van der Waals surface area (Å²) in [4.78, 5) is 12.5. The van der Waals surface area contributed by atoms with E-state index in [1.807, 2.05) is 0 Å². The van der Waals surface area contributed by atoms with E-state index in [1.54, 1.807) is 0 Å². The summed E-state index contributed by atoms with van der Waals surface area (Å²) in [5.41, 5.74) is 0. The molecule has 21 heavy (non-hydrogen) atoms. The normalized spacial score (nSPS) is 39.2. The Morgan fingerprint density at radius 1 is 1.10 bits per heavy atom. The van der Waals surface area contributed by atoms with Crippen molar-refractivity contribution in [3.05, 3.63) is 0 Å². The lowest BCUT2D eigenvalue weighted by Crippen LogP contribution is -2.47. The number of nitrogens with one attached hydrogen (secondary N) is 2. The van der Waals surface area contributed by atoms with E-state index in [1.165, 1.54) is 57.8 Å². The van der Waals surface area contributed by atoms with Gasteiger partial charge in [-0.15, -0.1) is 12.4 Å². The Bertz CT molecular complexity index is 336. The van der Waals surface area contributed by atoms with Crippen LogP contribution in [0.5, 0.6) is 0 Å². The summed E-state index contributed by atoms with van der Waals surface area (Å²) in [6.07, 6.45) is 12.6. The van der Waals surface area contributed by atoms with Crippen molar-refractivity contribution in [1.29, 1.82) is 0 Å². The SMILES string of the molecule is CCC1CCCC(NC(=O)C2CC3CCCCC3N2)C1.Cl. The van der Waals surface area contributed by atoms with Gasteiger partial charge in [-0.3, -0.25) is 4.79 Å². The molecule has 0 bridgehead atoms. The molecule has 4 heteroatoms. The molecule has 3 fully saturated rings. The van der Waals surface area contributed by atoms with Crippen LogP contribution >= 0.6 is 12.4 Å². The minimum absolute atomic E-state index is 0. The van der Waals surface area contributed by atoms with E-state index in [2.05, 4.69) is 17.6 Å². The van der Waals surface area contributed by atoms with Gasteiger partial charge in [0.15, 0.2) is 0 Å². The molecule has 1 heterocycles. The van der Waals surface area contributed by atoms with Crippen molar-refractivity contribution in [2.24, 2.45) is 11.8 Å². The molecule has 2 saturated carbocycles. The highest BCUT2D eigenvalue weighted by Crippen LogP contribution is 2.33. The van der Waals surface area contributed by atoms with Crippen molar-refractivity contribution in [3.8, 4) is 0 Å². The summed E-state index contributed by atoms with van der Waals surface area (Å²) in [7, 11) is 0. The predicted molar refractivity (Wildman–Crippen MR) is 88.7 cm³/mol. The second-order valence-electron chi connectivity index (χ2n) is 7.25. The summed E-state index contributed by atoms with van der Waals surface area (Å²) in [5.74, 6) is 1.86. The molecule has 2 aliphatic carbocycles. The van der Waals surface area contributed by atoms with Crippen LogP contribution in [0, 0.1) is 11.8 Å².